The van der Waals surface area contributed by atoms with Crippen molar-refractivity contribution in [2.45, 2.75) is 25.9 Å². The summed E-state index contributed by atoms with van der Waals surface area (Å²) in [5.41, 5.74) is -0.114. The van der Waals surface area contributed by atoms with Crippen LogP contribution in [0.15, 0.2) is 21.5 Å². The summed E-state index contributed by atoms with van der Waals surface area (Å²) in [4.78, 5) is 25.8. The normalized spacial score (nSPS) is 16.3. The van der Waals surface area contributed by atoms with Gasteiger partial charge in [-0.1, -0.05) is 0 Å². The molecule has 6 heteroatoms. The van der Waals surface area contributed by atoms with Gasteiger partial charge in [-0.05, 0) is 47.7 Å². The number of halogens is 1. The number of hydrogen-bond donors (Lipinski definition) is 2. The lowest BCUT2D eigenvalue weighted by molar-refractivity contribution is -0.126. The third-order valence-corrected chi connectivity index (χ3v) is 3.23. The average Bonchev–Trinajstić information content (AvgIpc) is 3.14. The molecule has 1 aromatic heterocycles. The van der Waals surface area contributed by atoms with Gasteiger partial charge in [0.1, 0.15) is 11.8 Å². The van der Waals surface area contributed by atoms with Gasteiger partial charge in [0.15, 0.2) is 0 Å². The third-order valence-electron chi connectivity index (χ3n) is 2.77. The van der Waals surface area contributed by atoms with Crippen molar-refractivity contribution in [3.8, 4) is 0 Å². The molecule has 2 N–H and O–H groups in total. The highest BCUT2D eigenvalue weighted by Gasteiger charge is 2.24. The topological polar surface area (TPSA) is 71.2 Å². The molecular weight excluding hydrogens is 300 g/mol. The van der Waals surface area contributed by atoms with Crippen molar-refractivity contribution in [2.24, 2.45) is 5.92 Å². The van der Waals surface area contributed by atoms with E-state index in [0.29, 0.717) is 17.0 Å². The third kappa shape index (κ3) is 3.68. The number of aromatic nitrogens is 1. The number of pyridine rings is 1. The molecule has 18 heavy (non-hydrogen) atoms. The maximum Gasteiger partial charge on any atom is 0.271 e. The van der Waals surface area contributed by atoms with Crippen molar-refractivity contribution >= 4 is 27.5 Å². The fourth-order valence-corrected chi connectivity index (χ4v) is 1.77. The van der Waals surface area contributed by atoms with Gasteiger partial charge in [0, 0.05) is 10.7 Å². The van der Waals surface area contributed by atoms with E-state index in [2.05, 4.69) is 26.2 Å². The Morgan fingerprint density at radius 3 is 3.06 bits per heavy atom. The Bertz CT molecular complexity index is 496. The molecule has 98 valence electrons. The smallest absolute Gasteiger partial charge is 0.271 e. The summed E-state index contributed by atoms with van der Waals surface area (Å²) in [6.45, 7) is 2.30. The van der Waals surface area contributed by atoms with Gasteiger partial charge in [-0.3, -0.25) is 9.59 Å². The first-order valence-electron chi connectivity index (χ1n) is 5.87. The van der Waals surface area contributed by atoms with Gasteiger partial charge in [0.25, 0.3) is 11.5 Å². The van der Waals surface area contributed by atoms with Gasteiger partial charge in [-0.15, -0.1) is 0 Å². The molecule has 1 heterocycles. The van der Waals surface area contributed by atoms with Crippen molar-refractivity contribution in [2.75, 3.05) is 11.9 Å². The van der Waals surface area contributed by atoms with E-state index in [4.69, 9.17) is 4.74 Å². The van der Waals surface area contributed by atoms with Crippen LogP contribution >= 0.6 is 15.9 Å². The van der Waals surface area contributed by atoms with Crippen LogP contribution in [-0.4, -0.2) is 23.6 Å². The SMILES string of the molecule is C[C@@H](OCC1CC1)C(=O)Nc1cc(Br)c[nH]c1=O. The van der Waals surface area contributed by atoms with Gasteiger partial charge < -0.3 is 15.0 Å². The molecule has 1 atom stereocenters. The van der Waals surface area contributed by atoms with Crippen molar-refractivity contribution in [1.82, 2.24) is 4.98 Å². The molecule has 0 radical (unpaired) electrons. The molecule has 0 aliphatic heterocycles. The molecule has 0 bridgehead atoms. The van der Waals surface area contributed by atoms with Crippen LogP contribution in [0.2, 0.25) is 0 Å². The van der Waals surface area contributed by atoms with Crippen molar-refractivity contribution in [3.05, 3.63) is 27.1 Å². The second-order valence-electron chi connectivity index (χ2n) is 4.47. The molecule has 1 aliphatic rings. The number of hydrogen-bond acceptors (Lipinski definition) is 3. The number of amides is 1. The van der Waals surface area contributed by atoms with Gasteiger partial charge >= 0.3 is 0 Å². The number of carbonyl (C=O) groups excluding carboxylic acids is 1. The lowest BCUT2D eigenvalue weighted by Crippen LogP contribution is -2.30. The number of ether oxygens (including phenoxy) is 1. The highest BCUT2D eigenvalue weighted by molar-refractivity contribution is 9.10. The van der Waals surface area contributed by atoms with E-state index in [-0.39, 0.29) is 17.2 Å². The van der Waals surface area contributed by atoms with E-state index < -0.39 is 6.10 Å². The first-order chi connectivity index (χ1) is 8.56. The highest BCUT2D eigenvalue weighted by Crippen LogP contribution is 2.29. The minimum absolute atomic E-state index is 0.219. The van der Waals surface area contributed by atoms with E-state index in [9.17, 15) is 9.59 Å². The molecule has 1 aliphatic carbocycles. The standard InChI is InChI=1S/C12H15BrN2O3/c1-7(18-6-8-2-3-8)11(16)15-10-4-9(13)5-14-12(10)17/h4-5,7-8H,2-3,6H2,1H3,(H,14,17)(H,15,16)/t7-/m1/s1. The first-order valence-corrected chi connectivity index (χ1v) is 6.66. The average molecular weight is 315 g/mol. The maximum absolute atomic E-state index is 11.8. The van der Waals surface area contributed by atoms with E-state index in [1.54, 1.807) is 13.0 Å². The second-order valence-corrected chi connectivity index (χ2v) is 5.38. The summed E-state index contributed by atoms with van der Waals surface area (Å²) in [6, 6.07) is 1.56. The Hall–Kier alpha value is -1.14. The minimum Gasteiger partial charge on any atom is -0.368 e. The van der Waals surface area contributed by atoms with Crippen LogP contribution < -0.4 is 10.9 Å². The molecule has 5 nitrogen and oxygen atoms in total. The number of nitrogens with one attached hydrogen (secondary N) is 2. The highest BCUT2D eigenvalue weighted by atomic mass is 79.9. The van der Waals surface area contributed by atoms with E-state index in [0.717, 1.165) is 0 Å². The van der Waals surface area contributed by atoms with Crippen LogP contribution in [0.5, 0.6) is 0 Å². The zero-order valence-corrected chi connectivity index (χ0v) is 11.6. The zero-order chi connectivity index (χ0) is 13.1. The monoisotopic (exact) mass is 314 g/mol. The quantitative estimate of drug-likeness (QED) is 0.872. The van der Waals surface area contributed by atoms with Crippen molar-refractivity contribution < 1.29 is 9.53 Å². The minimum atomic E-state index is -0.552. The molecular formula is C12H15BrN2O3. The van der Waals surface area contributed by atoms with Gasteiger partial charge in [0.05, 0.1) is 6.61 Å². The predicted octanol–water partition coefficient (Wildman–Crippen LogP) is 1.89. The summed E-state index contributed by atoms with van der Waals surface area (Å²) in [7, 11) is 0. The Kier molecular flexibility index (Phi) is 4.19. The van der Waals surface area contributed by atoms with Crippen LogP contribution in [-0.2, 0) is 9.53 Å². The number of rotatable bonds is 5. The summed E-state index contributed by atoms with van der Waals surface area (Å²) < 4.78 is 6.13. The predicted molar refractivity (Wildman–Crippen MR) is 71.5 cm³/mol. The van der Waals surface area contributed by atoms with Crippen LogP contribution in [0.25, 0.3) is 0 Å². The molecule has 0 aromatic carbocycles. The maximum atomic E-state index is 11.8. The van der Waals surface area contributed by atoms with Crippen LogP contribution in [0.4, 0.5) is 5.69 Å². The molecule has 1 amide bonds. The lowest BCUT2D eigenvalue weighted by Gasteiger charge is -2.12. The summed E-state index contributed by atoms with van der Waals surface area (Å²) >= 11 is 3.23. The number of aromatic amines is 1. The summed E-state index contributed by atoms with van der Waals surface area (Å²) in [5, 5.41) is 2.56. The van der Waals surface area contributed by atoms with Crippen LogP contribution in [0.1, 0.15) is 19.8 Å². The van der Waals surface area contributed by atoms with Gasteiger partial charge in [0.2, 0.25) is 0 Å². The van der Waals surface area contributed by atoms with Crippen LogP contribution in [0, 0.1) is 5.92 Å². The van der Waals surface area contributed by atoms with E-state index >= 15 is 0 Å². The lowest BCUT2D eigenvalue weighted by atomic mass is 10.3. The molecule has 2 rings (SSSR count). The molecule has 0 spiro atoms. The van der Waals surface area contributed by atoms with Crippen LogP contribution in [0.3, 0.4) is 0 Å². The summed E-state index contributed by atoms with van der Waals surface area (Å²) in [6.07, 6.45) is 3.33. The Labute approximate surface area is 113 Å². The van der Waals surface area contributed by atoms with E-state index in [1.165, 1.54) is 19.0 Å². The summed E-state index contributed by atoms with van der Waals surface area (Å²) in [5.74, 6) is 0.300. The zero-order valence-electron chi connectivity index (χ0n) is 10.0. The molecule has 0 saturated heterocycles. The number of anilines is 1. The molecule has 1 saturated carbocycles. The van der Waals surface area contributed by atoms with Crippen molar-refractivity contribution in [3.63, 3.8) is 0 Å². The fraction of sp³-hybridized carbons (Fsp3) is 0.500. The molecule has 0 unspecified atom stereocenters. The van der Waals surface area contributed by atoms with E-state index in [1.807, 2.05) is 0 Å². The second kappa shape index (κ2) is 5.67. The first kappa shape index (κ1) is 13.3. The number of H-pyrrole nitrogens is 1. The Balaban J connectivity index is 1.92. The van der Waals surface area contributed by atoms with Gasteiger partial charge in [-0.2, -0.15) is 0 Å². The van der Waals surface area contributed by atoms with Crippen molar-refractivity contribution in [1.29, 1.82) is 0 Å². The fourth-order valence-electron chi connectivity index (χ4n) is 1.43. The molecule has 1 aromatic rings. The van der Waals surface area contributed by atoms with Gasteiger partial charge in [-0.25, -0.2) is 0 Å². The molecule has 1 fully saturated rings. The largest absolute Gasteiger partial charge is 0.368 e. The Morgan fingerprint density at radius 2 is 2.39 bits per heavy atom. The number of carbonyl (C=O) groups is 1. The Morgan fingerprint density at radius 1 is 1.67 bits per heavy atom.